The highest BCUT2D eigenvalue weighted by molar-refractivity contribution is 5.89. The molecule has 0 atom stereocenters. The maximum absolute atomic E-state index is 12.0. The van der Waals surface area contributed by atoms with Crippen molar-refractivity contribution in [2.24, 2.45) is 5.10 Å². The fourth-order valence-electron chi connectivity index (χ4n) is 2.56. The highest BCUT2D eigenvalue weighted by atomic mass is 16.6. The predicted molar refractivity (Wildman–Crippen MR) is 112 cm³/mol. The van der Waals surface area contributed by atoms with Crippen LogP contribution >= 0.6 is 0 Å². The number of carbonyl (C=O) groups excluding carboxylic acids is 2. The molecule has 0 radical (unpaired) electrons. The number of esters is 1. The molecule has 0 aliphatic carbocycles. The summed E-state index contributed by atoms with van der Waals surface area (Å²) in [5.41, 5.74) is 5.04. The number of ether oxygens (including phenoxy) is 2. The minimum absolute atomic E-state index is 0.0877. The van der Waals surface area contributed by atoms with E-state index in [4.69, 9.17) is 13.9 Å². The Hall–Kier alpha value is -4.07. The summed E-state index contributed by atoms with van der Waals surface area (Å²) < 4.78 is 15.6. The van der Waals surface area contributed by atoms with Crippen molar-refractivity contribution in [3.63, 3.8) is 0 Å². The number of anilines is 1. The summed E-state index contributed by atoms with van der Waals surface area (Å²) in [5, 5.41) is 6.99. The molecule has 1 aromatic heterocycles. The van der Waals surface area contributed by atoms with E-state index in [0.29, 0.717) is 11.3 Å². The van der Waals surface area contributed by atoms with Crippen LogP contribution in [0.2, 0.25) is 0 Å². The number of nitrogens with zero attached hydrogens (tertiary/aromatic N) is 1. The number of hydrogen-bond acceptors (Lipinski definition) is 7. The van der Waals surface area contributed by atoms with Crippen molar-refractivity contribution in [3.8, 4) is 11.5 Å². The van der Waals surface area contributed by atoms with E-state index in [2.05, 4.69) is 15.8 Å². The number of amides is 1. The van der Waals surface area contributed by atoms with Gasteiger partial charge in [-0.3, -0.25) is 4.79 Å². The van der Waals surface area contributed by atoms with Crippen molar-refractivity contribution < 1.29 is 23.5 Å². The van der Waals surface area contributed by atoms with Crippen molar-refractivity contribution in [1.82, 2.24) is 5.43 Å². The van der Waals surface area contributed by atoms with Gasteiger partial charge in [-0.1, -0.05) is 18.2 Å². The number of hydrogen-bond donors (Lipinski definition) is 2. The Morgan fingerprint density at radius 2 is 1.93 bits per heavy atom. The van der Waals surface area contributed by atoms with E-state index >= 15 is 0 Å². The number of para-hydroxylation sites is 1. The van der Waals surface area contributed by atoms with Crippen LogP contribution in [0.5, 0.6) is 11.5 Å². The summed E-state index contributed by atoms with van der Waals surface area (Å²) in [5.74, 6) is -0.253. The fourth-order valence-corrected chi connectivity index (χ4v) is 2.56. The van der Waals surface area contributed by atoms with E-state index in [0.717, 1.165) is 11.3 Å². The smallest absolute Gasteiger partial charge is 0.379 e. The third kappa shape index (κ3) is 5.48. The summed E-state index contributed by atoms with van der Waals surface area (Å²) in [7, 11) is 1.46. The molecule has 1 heterocycles. The Kier molecular flexibility index (Phi) is 6.83. The zero-order valence-electron chi connectivity index (χ0n) is 16.5. The lowest BCUT2D eigenvalue weighted by molar-refractivity contribution is -0.119. The second kappa shape index (κ2) is 9.92. The Morgan fingerprint density at radius 1 is 1.10 bits per heavy atom. The van der Waals surface area contributed by atoms with Gasteiger partial charge in [0, 0.05) is 5.69 Å². The summed E-state index contributed by atoms with van der Waals surface area (Å²) in [6.45, 7) is 2.05. The standard InChI is InChI=1S/C22H21N3O5/c1-15-6-3-4-7-17(15)23-14-21(26)25-24-13-16-9-10-18(20(12-16)28-2)30-22(27)19-8-5-11-29-19/h3-13,23H,14H2,1-2H3,(H,25,26)/b24-13+. The van der Waals surface area contributed by atoms with Gasteiger partial charge in [-0.05, 0) is 54.4 Å². The monoisotopic (exact) mass is 407 g/mol. The Morgan fingerprint density at radius 3 is 2.67 bits per heavy atom. The highest BCUT2D eigenvalue weighted by Crippen LogP contribution is 2.28. The van der Waals surface area contributed by atoms with Gasteiger partial charge in [-0.25, -0.2) is 10.2 Å². The first-order valence-electron chi connectivity index (χ1n) is 9.12. The molecule has 0 aliphatic rings. The molecule has 30 heavy (non-hydrogen) atoms. The average Bonchev–Trinajstić information content (AvgIpc) is 3.29. The molecule has 1 amide bonds. The molecule has 0 aliphatic heterocycles. The Balaban J connectivity index is 1.55. The van der Waals surface area contributed by atoms with Gasteiger partial charge in [0.05, 0.1) is 26.1 Å². The zero-order chi connectivity index (χ0) is 21.3. The number of aryl methyl sites for hydroxylation is 1. The highest BCUT2D eigenvalue weighted by Gasteiger charge is 2.14. The molecular weight excluding hydrogens is 386 g/mol. The van der Waals surface area contributed by atoms with Crippen LogP contribution in [0.15, 0.2) is 70.4 Å². The maximum Gasteiger partial charge on any atom is 0.379 e. The van der Waals surface area contributed by atoms with Crippen molar-refractivity contribution >= 4 is 23.8 Å². The first-order chi connectivity index (χ1) is 14.6. The SMILES string of the molecule is COc1cc(/C=N/NC(=O)CNc2ccccc2C)ccc1OC(=O)c1ccco1. The molecule has 3 rings (SSSR count). The lowest BCUT2D eigenvalue weighted by Gasteiger charge is -2.09. The zero-order valence-corrected chi connectivity index (χ0v) is 16.5. The average molecular weight is 407 g/mol. The molecule has 3 aromatic rings. The van der Waals surface area contributed by atoms with E-state index in [1.54, 1.807) is 24.3 Å². The topological polar surface area (TPSA) is 102 Å². The molecule has 0 unspecified atom stereocenters. The van der Waals surface area contributed by atoms with Crippen molar-refractivity contribution in [1.29, 1.82) is 0 Å². The second-order valence-corrected chi connectivity index (χ2v) is 6.24. The minimum atomic E-state index is -0.631. The van der Waals surface area contributed by atoms with Gasteiger partial charge < -0.3 is 19.2 Å². The number of furan rings is 1. The number of hydrazone groups is 1. The minimum Gasteiger partial charge on any atom is -0.493 e. The van der Waals surface area contributed by atoms with Crippen LogP contribution in [0, 0.1) is 6.92 Å². The van der Waals surface area contributed by atoms with E-state index in [-0.39, 0.29) is 24.0 Å². The third-order valence-electron chi connectivity index (χ3n) is 4.10. The quantitative estimate of drug-likeness (QED) is 0.257. The lowest BCUT2D eigenvalue weighted by atomic mass is 10.2. The largest absolute Gasteiger partial charge is 0.493 e. The normalized spacial score (nSPS) is 10.6. The van der Waals surface area contributed by atoms with Crippen molar-refractivity contribution in [3.05, 3.63) is 77.7 Å². The van der Waals surface area contributed by atoms with Gasteiger partial charge in [-0.15, -0.1) is 0 Å². The van der Waals surface area contributed by atoms with E-state index in [1.807, 2.05) is 31.2 Å². The van der Waals surface area contributed by atoms with Crippen molar-refractivity contribution in [2.75, 3.05) is 19.0 Å². The van der Waals surface area contributed by atoms with Crippen LogP contribution in [0.25, 0.3) is 0 Å². The number of benzene rings is 2. The van der Waals surface area contributed by atoms with Crippen LogP contribution in [0.1, 0.15) is 21.7 Å². The number of methoxy groups -OCH3 is 1. The third-order valence-corrected chi connectivity index (χ3v) is 4.10. The van der Waals surface area contributed by atoms with Crippen molar-refractivity contribution in [2.45, 2.75) is 6.92 Å². The van der Waals surface area contributed by atoms with Crippen LogP contribution in [-0.2, 0) is 4.79 Å². The molecular formula is C22H21N3O5. The summed E-state index contributed by atoms with van der Waals surface area (Å²) >= 11 is 0. The summed E-state index contributed by atoms with van der Waals surface area (Å²) in [6, 6.07) is 15.7. The van der Waals surface area contributed by atoms with Gasteiger partial charge >= 0.3 is 5.97 Å². The second-order valence-electron chi connectivity index (χ2n) is 6.24. The molecule has 0 saturated carbocycles. The maximum atomic E-state index is 12.0. The van der Waals surface area contributed by atoms with Gasteiger partial charge in [0.25, 0.3) is 5.91 Å². The number of nitrogens with one attached hydrogen (secondary N) is 2. The van der Waals surface area contributed by atoms with E-state index < -0.39 is 5.97 Å². The molecule has 2 N–H and O–H groups in total. The molecule has 0 saturated heterocycles. The van der Waals surface area contributed by atoms with Gasteiger partial charge in [0.2, 0.25) is 5.76 Å². The Bertz CT molecular complexity index is 1040. The molecule has 0 spiro atoms. The number of carbonyl (C=O) groups is 2. The van der Waals surface area contributed by atoms with Crippen LogP contribution < -0.4 is 20.2 Å². The molecule has 8 heteroatoms. The Labute approximate surface area is 173 Å². The predicted octanol–water partition coefficient (Wildman–Crippen LogP) is 3.38. The van der Waals surface area contributed by atoms with E-state index in [1.165, 1.54) is 25.7 Å². The van der Waals surface area contributed by atoms with Gasteiger partial charge in [0.1, 0.15) is 0 Å². The van der Waals surface area contributed by atoms with Gasteiger partial charge in [-0.2, -0.15) is 5.10 Å². The first kappa shape index (κ1) is 20.7. The molecule has 0 bridgehead atoms. The summed E-state index contributed by atoms with van der Waals surface area (Å²) in [4.78, 5) is 24.0. The number of rotatable bonds is 8. The molecule has 8 nitrogen and oxygen atoms in total. The fraction of sp³-hybridized carbons (Fsp3) is 0.136. The first-order valence-corrected chi connectivity index (χ1v) is 9.12. The van der Waals surface area contributed by atoms with Crippen LogP contribution in [0.3, 0.4) is 0 Å². The molecule has 154 valence electrons. The summed E-state index contributed by atoms with van der Waals surface area (Å²) in [6.07, 6.45) is 2.85. The van der Waals surface area contributed by atoms with Crippen LogP contribution in [0.4, 0.5) is 5.69 Å². The molecule has 0 fully saturated rings. The molecule has 2 aromatic carbocycles. The van der Waals surface area contributed by atoms with Gasteiger partial charge in [0.15, 0.2) is 11.5 Å². The lowest BCUT2D eigenvalue weighted by Crippen LogP contribution is -2.26. The van der Waals surface area contributed by atoms with E-state index in [9.17, 15) is 9.59 Å². The van der Waals surface area contributed by atoms with Crippen LogP contribution in [-0.4, -0.2) is 31.7 Å².